The first-order valence-corrected chi connectivity index (χ1v) is 7.21. The lowest BCUT2D eigenvalue weighted by Gasteiger charge is -2.30. The first-order chi connectivity index (χ1) is 10.1. The molecule has 0 saturated carbocycles. The molecule has 0 spiro atoms. The van der Waals surface area contributed by atoms with E-state index in [4.69, 9.17) is 0 Å². The van der Waals surface area contributed by atoms with E-state index in [9.17, 15) is 15.2 Å². The van der Waals surface area contributed by atoms with E-state index >= 15 is 0 Å². The third kappa shape index (κ3) is 4.25. The molecule has 0 aromatic carbocycles. The maximum absolute atomic E-state index is 11.2. The molecule has 0 bridgehead atoms. The summed E-state index contributed by atoms with van der Waals surface area (Å²) in [6, 6.07) is 0.0835. The Morgan fingerprint density at radius 3 is 2.57 bits per heavy atom. The van der Waals surface area contributed by atoms with E-state index in [1.165, 1.54) is 6.20 Å². The molecule has 118 valence electrons. The number of nitrogens with one attached hydrogen (secondary N) is 1. The van der Waals surface area contributed by atoms with Crippen molar-refractivity contribution >= 4 is 17.5 Å². The summed E-state index contributed by atoms with van der Waals surface area (Å²) >= 11 is 0. The standard InChI is InChI=1S/C13H23N5O3/c1-4-10(5-2)17(7-8-19)12-11(18(20)21)9-15-13(16-12)14-6-3/h9-10,19H,4-8H2,1-3H3,(H,14,15,16). The van der Waals surface area contributed by atoms with Crippen molar-refractivity contribution in [3.63, 3.8) is 0 Å². The largest absolute Gasteiger partial charge is 0.395 e. The van der Waals surface area contributed by atoms with E-state index in [0.717, 1.165) is 12.8 Å². The fraction of sp³-hybridized carbons (Fsp3) is 0.692. The Labute approximate surface area is 124 Å². The number of hydrogen-bond donors (Lipinski definition) is 2. The predicted octanol–water partition coefficient (Wildman–Crippen LogP) is 1.80. The minimum Gasteiger partial charge on any atom is -0.395 e. The lowest BCUT2D eigenvalue weighted by Crippen LogP contribution is -2.38. The average Bonchev–Trinajstić information content (AvgIpc) is 2.47. The normalized spacial score (nSPS) is 10.7. The van der Waals surface area contributed by atoms with Crippen LogP contribution in [0.15, 0.2) is 6.20 Å². The summed E-state index contributed by atoms with van der Waals surface area (Å²) in [4.78, 5) is 20.7. The Balaban J connectivity index is 3.30. The van der Waals surface area contributed by atoms with Crippen LogP contribution < -0.4 is 10.2 Å². The number of nitro groups is 1. The van der Waals surface area contributed by atoms with Crippen LogP contribution >= 0.6 is 0 Å². The minimum atomic E-state index is -0.488. The number of aromatic nitrogens is 2. The molecule has 21 heavy (non-hydrogen) atoms. The van der Waals surface area contributed by atoms with Crippen LogP contribution in [0, 0.1) is 10.1 Å². The van der Waals surface area contributed by atoms with Crippen molar-refractivity contribution in [2.24, 2.45) is 0 Å². The van der Waals surface area contributed by atoms with E-state index in [1.54, 1.807) is 4.90 Å². The van der Waals surface area contributed by atoms with Gasteiger partial charge < -0.3 is 15.3 Å². The van der Waals surface area contributed by atoms with Gasteiger partial charge in [-0.05, 0) is 19.8 Å². The molecular formula is C13H23N5O3. The van der Waals surface area contributed by atoms with Crippen molar-refractivity contribution in [3.8, 4) is 0 Å². The van der Waals surface area contributed by atoms with E-state index < -0.39 is 4.92 Å². The molecule has 1 heterocycles. The fourth-order valence-electron chi connectivity index (χ4n) is 2.25. The van der Waals surface area contributed by atoms with Crippen LogP contribution in [0.1, 0.15) is 33.6 Å². The molecule has 1 rings (SSSR count). The van der Waals surface area contributed by atoms with E-state index in [1.807, 2.05) is 20.8 Å². The van der Waals surface area contributed by atoms with Crippen molar-refractivity contribution < 1.29 is 10.0 Å². The SMILES string of the molecule is CCNc1ncc([N+](=O)[O-])c(N(CCO)C(CC)CC)n1. The molecule has 8 nitrogen and oxygen atoms in total. The van der Waals surface area contributed by atoms with Gasteiger partial charge in [0.15, 0.2) is 0 Å². The Morgan fingerprint density at radius 1 is 1.43 bits per heavy atom. The molecule has 0 aliphatic rings. The van der Waals surface area contributed by atoms with E-state index in [2.05, 4.69) is 15.3 Å². The summed E-state index contributed by atoms with van der Waals surface area (Å²) in [7, 11) is 0. The molecule has 0 saturated heterocycles. The van der Waals surface area contributed by atoms with Gasteiger partial charge in [-0.2, -0.15) is 4.98 Å². The average molecular weight is 297 g/mol. The van der Waals surface area contributed by atoms with Crippen molar-refractivity contribution in [1.29, 1.82) is 0 Å². The van der Waals surface area contributed by atoms with Crippen LogP contribution in [0.2, 0.25) is 0 Å². The smallest absolute Gasteiger partial charge is 0.329 e. The van der Waals surface area contributed by atoms with Gasteiger partial charge in [-0.25, -0.2) is 4.98 Å². The maximum atomic E-state index is 11.2. The Morgan fingerprint density at radius 2 is 2.10 bits per heavy atom. The monoisotopic (exact) mass is 297 g/mol. The van der Waals surface area contributed by atoms with Crippen molar-refractivity contribution in [3.05, 3.63) is 16.3 Å². The summed E-state index contributed by atoms with van der Waals surface area (Å²) in [5.74, 6) is 0.612. The Kier molecular flexibility index (Phi) is 6.80. The summed E-state index contributed by atoms with van der Waals surface area (Å²) in [6.07, 6.45) is 2.84. The summed E-state index contributed by atoms with van der Waals surface area (Å²) < 4.78 is 0. The molecule has 0 atom stereocenters. The highest BCUT2D eigenvalue weighted by Gasteiger charge is 2.26. The summed E-state index contributed by atoms with van der Waals surface area (Å²) in [5.41, 5.74) is -0.142. The minimum absolute atomic E-state index is 0.0835. The third-order valence-electron chi connectivity index (χ3n) is 3.28. The Bertz CT molecular complexity index is 465. The van der Waals surface area contributed by atoms with E-state index in [-0.39, 0.29) is 24.2 Å². The van der Waals surface area contributed by atoms with Gasteiger partial charge in [0.1, 0.15) is 6.20 Å². The van der Waals surface area contributed by atoms with Gasteiger partial charge in [-0.1, -0.05) is 13.8 Å². The van der Waals surface area contributed by atoms with Crippen LogP contribution in [-0.2, 0) is 0 Å². The molecule has 0 fully saturated rings. The maximum Gasteiger partial charge on any atom is 0.329 e. The van der Waals surface area contributed by atoms with Crippen LogP contribution in [0.5, 0.6) is 0 Å². The first-order valence-electron chi connectivity index (χ1n) is 7.21. The number of anilines is 2. The number of aliphatic hydroxyl groups is 1. The lowest BCUT2D eigenvalue weighted by atomic mass is 10.1. The second-order valence-electron chi connectivity index (χ2n) is 4.58. The molecule has 0 unspecified atom stereocenters. The van der Waals surface area contributed by atoms with Crippen LogP contribution in [0.4, 0.5) is 17.5 Å². The van der Waals surface area contributed by atoms with Gasteiger partial charge in [0.2, 0.25) is 11.8 Å². The van der Waals surface area contributed by atoms with Crippen LogP contribution in [-0.4, -0.2) is 45.7 Å². The molecule has 1 aromatic rings. The zero-order chi connectivity index (χ0) is 15.8. The Hall–Kier alpha value is -1.96. The number of nitrogens with zero attached hydrogens (tertiary/aromatic N) is 4. The van der Waals surface area contributed by atoms with Gasteiger partial charge in [0.05, 0.1) is 11.5 Å². The highest BCUT2D eigenvalue weighted by molar-refractivity contribution is 5.59. The van der Waals surface area contributed by atoms with Gasteiger partial charge in [0, 0.05) is 19.1 Å². The zero-order valence-electron chi connectivity index (χ0n) is 12.7. The summed E-state index contributed by atoms with van der Waals surface area (Å²) in [5, 5.41) is 23.4. The second-order valence-corrected chi connectivity index (χ2v) is 4.58. The van der Waals surface area contributed by atoms with Gasteiger partial charge in [-0.15, -0.1) is 0 Å². The quantitative estimate of drug-likeness (QED) is 0.529. The molecule has 0 aliphatic heterocycles. The molecule has 0 radical (unpaired) electrons. The number of rotatable bonds is 9. The van der Waals surface area contributed by atoms with Gasteiger partial charge in [0.25, 0.3) is 0 Å². The molecular weight excluding hydrogens is 274 g/mol. The fourth-order valence-corrected chi connectivity index (χ4v) is 2.25. The first kappa shape index (κ1) is 17.1. The molecule has 0 amide bonds. The highest BCUT2D eigenvalue weighted by atomic mass is 16.6. The number of aliphatic hydroxyl groups excluding tert-OH is 1. The lowest BCUT2D eigenvalue weighted by molar-refractivity contribution is -0.384. The number of hydrogen-bond acceptors (Lipinski definition) is 7. The molecule has 0 aliphatic carbocycles. The van der Waals surface area contributed by atoms with Crippen molar-refractivity contribution in [2.75, 3.05) is 29.9 Å². The predicted molar refractivity (Wildman–Crippen MR) is 81.7 cm³/mol. The van der Waals surface area contributed by atoms with Crippen molar-refractivity contribution in [2.45, 2.75) is 39.7 Å². The second kappa shape index (κ2) is 8.35. The topological polar surface area (TPSA) is 104 Å². The van der Waals surface area contributed by atoms with Crippen LogP contribution in [0.25, 0.3) is 0 Å². The van der Waals surface area contributed by atoms with Crippen LogP contribution in [0.3, 0.4) is 0 Å². The summed E-state index contributed by atoms with van der Waals surface area (Å²) in [6.45, 7) is 6.76. The zero-order valence-corrected chi connectivity index (χ0v) is 12.7. The van der Waals surface area contributed by atoms with Gasteiger partial charge in [-0.3, -0.25) is 10.1 Å². The molecule has 8 heteroatoms. The third-order valence-corrected chi connectivity index (χ3v) is 3.28. The van der Waals surface area contributed by atoms with Crippen molar-refractivity contribution in [1.82, 2.24) is 9.97 Å². The van der Waals surface area contributed by atoms with Gasteiger partial charge >= 0.3 is 5.69 Å². The van der Waals surface area contributed by atoms with E-state index in [0.29, 0.717) is 19.0 Å². The highest BCUT2D eigenvalue weighted by Crippen LogP contribution is 2.29. The molecule has 2 N–H and O–H groups in total. The molecule has 1 aromatic heterocycles.